The van der Waals surface area contributed by atoms with Crippen LogP contribution < -0.4 is 5.32 Å². The van der Waals surface area contributed by atoms with Gasteiger partial charge in [-0.3, -0.25) is 9.79 Å². The number of nitrogens with one attached hydrogen (secondary N) is 1. The van der Waals surface area contributed by atoms with E-state index in [1.807, 2.05) is 13.0 Å². The van der Waals surface area contributed by atoms with Crippen molar-refractivity contribution in [1.29, 1.82) is 0 Å². The first-order valence-corrected chi connectivity index (χ1v) is 6.60. The lowest BCUT2D eigenvalue weighted by Gasteiger charge is -2.24. The fraction of sp³-hybridized carbons (Fsp3) is 0.500. The van der Waals surface area contributed by atoms with E-state index in [2.05, 4.69) is 44.2 Å². The quantitative estimate of drug-likeness (QED) is 0.611. The summed E-state index contributed by atoms with van der Waals surface area (Å²) in [5.74, 6) is 0.191. The second-order valence-electron chi connectivity index (χ2n) is 6.03. The molecule has 0 saturated carbocycles. The van der Waals surface area contributed by atoms with Gasteiger partial charge in [0.2, 0.25) is 5.91 Å². The molecule has 1 unspecified atom stereocenters. The number of nitrogens with zero attached hydrogens (tertiary/aromatic N) is 1. The number of allylic oxidation sites excluding steroid dienone is 3. The van der Waals surface area contributed by atoms with Crippen LogP contribution in [0.25, 0.3) is 0 Å². The molecular formula is C16H24N2O. The van der Waals surface area contributed by atoms with Crippen LogP contribution in [0.1, 0.15) is 40.5 Å². The molecule has 1 aliphatic heterocycles. The predicted octanol–water partition coefficient (Wildman–Crippen LogP) is 3.60. The van der Waals surface area contributed by atoms with Crippen LogP contribution in [-0.4, -0.2) is 11.6 Å². The molecule has 0 aromatic rings. The van der Waals surface area contributed by atoms with Crippen molar-refractivity contribution >= 4 is 11.6 Å². The number of piperidine rings is 1. The van der Waals surface area contributed by atoms with Gasteiger partial charge in [0.15, 0.2) is 0 Å². The van der Waals surface area contributed by atoms with Gasteiger partial charge in [-0.05, 0) is 30.4 Å². The van der Waals surface area contributed by atoms with Crippen molar-refractivity contribution in [2.45, 2.75) is 40.5 Å². The van der Waals surface area contributed by atoms with Crippen LogP contribution in [0.15, 0.2) is 41.7 Å². The monoisotopic (exact) mass is 260 g/mol. The molecule has 1 amide bonds. The third kappa shape index (κ3) is 4.51. The zero-order valence-electron chi connectivity index (χ0n) is 12.4. The molecule has 0 radical (unpaired) electrons. The molecule has 1 fully saturated rings. The van der Waals surface area contributed by atoms with Crippen molar-refractivity contribution in [2.75, 3.05) is 0 Å². The second kappa shape index (κ2) is 6.00. The lowest BCUT2D eigenvalue weighted by atomic mass is 9.88. The molecule has 0 bridgehead atoms. The molecule has 104 valence electrons. The molecule has 3 heteroatoms. The van der Waals surface area contributed by atoms with Gasteiger partial charge in [-0.1, -0.05) is 33.9 Å². The molecule has 1 saturated heterocycles. The standard InChI is InChI=1S/C16H24N2O/c1-11(16(4,5)6)9-10-17-12(2)14-7-8-15(19)18-13(14)3/h9-10,14H,1,3,7-8H2,2,4-6H3,(H,18,19)/b10-9-,17-12?. The van der Waals surface area contributed by atoms with Crippen LogP contribution in [0, 0.1) is 11.3 Å². The molecule has 1 heterocycles. The molecule has 3 nitrogen and oxygen atoms in total. The maximum absolute atomic E-state index is 11.2. The third-order valence-corrected chi connectivity index (χ3v) is 3.40. The Morgan fingerprint density at radius 1 is 1.47 bits per heavy atom. The minimum Gasteiger partial charge on any atom is -0.330 e. The topological polar surface area (TPSA) is 41.5 Å². The Hall–Kier alpha value is -1.64. The van der Waals surface area contributed by atoms with Gasteiger partial charge in [0.25, 0.3) is 0 Å². The Bertz CT molecular complexity index is 450. The van der Waals surface area contributed by atoms with E-state index in [9.17, 15) is 4.79 Å². The Balaban J connectivity index is 2.68. The van der Waals surface area contributed by atoms with Gasteiger partial charge in [-0.2, -0.15) is 0 Å². The van der Waals surface area contributed by atoms with Crippen LogP contribution in [-0.2, 0) is 4.79 Å². The first-order valence-electron chi connectivity index (χ1n) is 6.60. The van der Waals surface area contributed by atoms with Gasteiger partial charge in [0.05, 0.1) is 0 Å². The lowest BCUT2D eigenvalue weighted by molar-refractivity contribution is -0.121. The molecule has 0 aliphatic carbocycles. The van der Waals surface area contributed by atoms with E-state index < -0.39 is 0 Å². The van der Waals surface area contributed by atoms with Crippen LogP contribution in [0.4, 0.5) is 0 Å². The zero-order valence-corrected chi connectivity index (χ0v) is 12.4. The maximum atomic E-state index is 11.2. The van der Waals surface area contributed by atoms with Gasteiger partial charge in [-0.25, -0.2) is 0 Å². The fourth-order valence-corrected chi connectivity index (χ4v) is 1.82. The minimum atomic E-state index is 0.0469. The van der Waals surface area contributed by atoms with E-state index in [1.165, 1.54) is 0 Å². The number of hydrogen-bond acceptors (Lipinski definition) is 2. The van der Waals surface area contributed by atoms with Gasteiger partial charge >= 0.3 is 0 Å². The maximum Gasteiger partial charge on any atom is 0.224 e. The van der Waals surface area contributed by atoms with Crippen molar-refractivity contribution in [3.8, 4) is 0 Å². The van der Waals surface area contributed by atoms with Crippen molar-refractivity contribution < 1.29 is 4.79 Å². The summed E-state index contributed by atoms with van der Waals surface area (Å²) in [4.78, 5) is 15.7. The van der Waals surface area contributed by atoms with E-state index in [0.29, 0.717) is 6.42 Å². The lowest BCUT2D eigenvalue weighted by Crippen LogP contribution is -2.35. The molecule has 1 N–H and O–H groups in total. The van der Waals surface area contributed by atoms with Crippen molar-refractivity contribution in [1.82, 2.24) is 5.32 Å². The Kier molecular flexibility index (Phi) is 4.87. The van der Waals surface area contributed by atoms with E-state index >= 15 is 0 Å². The largest absolute Gasteiger partial charge is 0.330 e. The number of amides is 1. The normalized spacial score (nSPS) is 21.7. The Morgan fingerprint density at radius 2 is 2.11 bits per heavy atom. The molecule has 0 aromatic heterocycles. The van der Waals surface area contributed by atoms with E-state index in [-0.39, 0.29) is 17.2 Å². The summed E-state index contributed by atoms with van der Waals surface area (Å²) < 4.78 is 0. The van der Waals surface area contributed by atoms with Crippen molar-refractivity contribution in [2.24, 2.45) is 16.3 Å². The highest BCUT2D eigenvalue weighted by Crippen LogP contribution is 2.24. The molecular weight excluding hydrogens is 236 g/mol. The van der Waals surface area contributed by atoms with E-state index in [0.717, 1.165) is 23.4 Å². The summed E-state index contributed by atoms with van der Waals surface area (Å²) in [7, 11) is 0. The highest BCUT2D eigenvalue weighted by Gasteiger charge is 2.23. The number of carbonyl (C=O) groups excluding carboxylic acids is 1. The molecule has 0 spiro atoms. The Labute approximate surface area is 116 Å². The van der Waals surface area contributed by atoms with E-state index in [4.69, 9.17) is 0 Å². The summed E-state index contributed by atoms with van der Waals surface area (Å²) in [6, 6.07) is 0. The summed E-state index contributed by atoms with van der Waals surface area (Å²) in [5, 5.41) is 2.78. The average molecular weight is 260 g/mol. The first kappa shape index (κ1) is 15.4. The van der Waals surface area contributed by atoms with Crippen molar-refractivity contribution in [3.63, 3.8) is 0 Å². The number of hydrogen-bond donors (Lipinski definition) is 1. The van der Waals surface area contributed by atoms with Crippen LogP contribution >= 0.6 is 0 Å². The van der Waals surface area contributed by atoms with Gasteiger partial charge in [0.1, 0.15) is 0 Å². The van der Waals surface area contributed by atoms with Crippen LogP contribution in [0.5, 0.6) is 0 Å². The molecule has 0 aromatic carbocycles. The van der Waals surface area contributed by atoms with Crippen LogP contribution in [0.2, 0.25) is 0 Å². The SMILES string of the molecule is C=C1NC(=O)CCC1C(C)=N/C=C\C(=C)C(C)(C)C. The summed E-state index contributed by atoms with van der Waals surface area (Å²) in [6.07, 6.45) is 5.04. The van der Waals surface area contributed by atoms with Crippen molar-refractivity contribution in [3.05, 3.63) is 36.7 Å². The molecule has 1 aliphatic rings. The zero-order chi connectivity index (χ0) is 14.6. The number of rotatable bonds is 3. The van der Waals surface area contributed by atoms with E-state index in [1.54, 1.807) is 6.20 Å². The smallest absolute Gasteiger partial charge is 0.224 e. The summed E-state index contributed by atoms with van der Waals surface area (Å²) >= 11 is 0. The van der Waals surface area contributed by atoms with Gasteiger partial charge < -0.3 is 5.32 Å². The summed E-state index contributed by atoms with van der Waals surface area (Å²) in [5.41, 5.74) is 2.82. The third-order valence-electron chi connectivity index (χ3n) is 3.40. The Morgan fingerprint density at radius 3 is 2.63 bits per heavy atom. The molecule has 1 atom stereocenters. The summed E-state index contributed by atoms with van der Waals surface area (Å²) in [6.45, 7) is 16.3. The number of aliphatic imine (C=N–C) groups is 1. The first-order chi connectivity index (χ1) is 8.71. The molecule has 19 heavy (non-hydrogen) atoms. The highest BCUT2D eigenvalue weighted by atomic mass is 16.1. The van der Waals surface area contributed by atoms with Crippen LogP contribution in [0.3, 0.4) is 0 Å². The fourth-order valence-electron chi connectivity index (χ4n) is 1.82. The minimum absolute atomic E-state index is 0.0469. The second-order valence-corrected chi connectivity index (χ2v) is 6.03. The average Bonchev–Trinajstić information content (AvgIpc) is 2.27. The van der Waals surface area contributed by atoms with Gasteiger partial charge in [0, 0.05) is 29.9 Å². The highest BCUT2D eigenvalue weighted by molar-refractivity contribution is 5.91. The molecule has 1 rings (SSSR count). The van der Waals surface area contributed by atoms with Gasteiger partial charge in [-0.15, -0.1) is 0 Å². The predicted molar refractivity (Wildman–Crippen MR) is 80.9 cm³/mol. The number of carbonyl (C=O) groups is 1.